The van der Waals surface area contributed by atoms with Gasteiger partial charge in [0.15, 0.2) is 11.5 Å². The number of esters is 2. The zero-order chi connectivity index (χ0) is 46.8. The summed E-state index contributed by atoms with van der Waals surface area (Å²) in [6.45, 7) is 1.08. The Morgan fingerprint density at radius 2 is 1.33 bits per heavy atom. The first-order valence-electron chi connectivity index (χ1n) is 15.2. The first-order chi connectivity index (χ1) is 27.9. The van der Waals surface area contributed by atoms with Gasteiger partial charge in [0.05, 0.1) is 41.3 Å². The van der Waals surface area contributed by atoms with E-state index in [4.69, 9.17) is 35.2 Å². The highest BCUT2D eigenvalue weighted by molar-refractivity contribution is 7.19. The maximum Gasteiger partial charge on any atom is 0.459 e. The highest BCUT2D eigenvalue weighted by atomic mass is 35.5. The normalized spacial score (nSPS) is 12.0. The molecule has 5 aromatic heterocycles. The van der Waals surface area contributed by atoms with Gasteiger partial charge < -0.3 is 9.47 Å². The molecule has 0 saturated heterocycles. The van der Waals surface area contributed by atoms with Crippen molar-refractivity contribution in [3.05, 3.63) is 76.0 Å². The molecule has 0 bridgehead atoms. The minimum absolute atomic E-state index is 0.00245. The Hall–Kier alpha value is -5.56. The maximum atomic E-state index is 13.8. The quantitative estimate of drug-likeness (QED) is 0.0388. The van der Waals surface area contributed by atoms with E-state index in [2.05, 4.69) is 41.0 Å². The highest BCUT2D eigenvalue weighted by Crippen LogP contribution is 2.50. The monoisotopic (exact) mass is 964 g/mol. The van der Waals surface area contributed by atoms with E-state index in [1.807, 2.05) is 4.91 Å². The summed E-state index contributed by atoms with van der Waals surface area (Å²) in [5.74, 6) is -11.3. The molecule has 5 rings (SSSR count). The van der Waals surface area contributed by atoms with E-state index in [0.717, 1.165) is 27.6 Å². The Bertz CT molecular complexity index is 2520. The Morgan fingerprint density at radius 3 is 1.79 bits per heavy atom. The third kappa shape index (κ3) is 10.3. The lowest BCUT2D eigenvalue weighted by Gasteiger charge is -2.19. The number of azide groups is 1. The van der Waals surface area contributed by atoms with E-state index in [1.54, 1.807) is 6.07 Å². The van der Waals surface area contributed by atoms with Gasteiger partial charge in [-0.3, -0.25) is 9.36 Å². The molecule has 14 nitrogen and oxygen atoms in total. The van der Waals surface area contributed by atoms with Crippen LogP contribution in [-0.4, -0.2) is 73.1 Å². The zero-order valence-electron chi connectivity index (χ0n) is 30.4. The fourth-order valence-electron chi connectivity index (χ4n) is 4.57. The summed E-state index contributed by atoms with van der Waals surface area (Å²) in [6, 6.07) is 2.95. The van der Waals surface area contributed by atoms with E-state index < -0.39 is 70.6 Å². The second kappa shape index (κ2) is 18.2. The lowest BCUT2D eigenvalue weighted by Crippen LogP contribution is -2.36. The summed E-state index contributed by atoms with van der Waals surface area (Å²) in [4.78, 5) is 25.6. The van der Waals surface area contributed by atoms with Crippen molar-refractivity contribution in [1.82, 2.24) is 34.6 Å². The van der Waals surface area contributed by atoms with Crippen LogP contribution in [0.4, 0.5) is 62.9 Å². The molecule has 0 unspecified atom stereocenters. The second-order valence-electron chi connectivity index (χ2n) is 11.2. The largest absolute Gasteiger partial charge is 0.465 e. The Kier molecular flexibility index (Phi) is 14.9. The van der Waals surface area contributed by atoms with Crippen LogP contribution in [0.2, 0.25) is 8.67 Å². The first-order valence-corrected chi connectivity index (χ1v) is 17.6. The van der Waals surface area contributed by atoms with Crippen LogP contribution in [-0.2, 0) is 41.6 Å². The number of terminal acetylenes is 1. The van der Waals surface area contributed by atoms with E-state index in [9.17, 15) is 66.7 Å². The highest BCUT2D eigenvalue weighted by Gasteiger charge is 2.64. The molecule has 0 aliphatic heterocycles. The number of hydrogen-bond acceptors (Lipinski definition) is 11. The third-order valence-corrected chi connectivity index (χ3v) is 9.95. The number of hydrogen-bond donors (Lipinski definition) is 0. The number of carbonyl (C=O) groups excluding carboxylic acids is 2. The lowest BCUT2D eigenvalue weighted by atomic mass is 10.1. The molecule has 0 amide bonds. The molecular formula is C30H19Cl2F13N10O4S2. The first kappa shape index (κ1) is 49.8. The van der Waals surface area contributed by atoms with Crippen molar-refractivity contribution in [2.75, 3.05) is 14.2 Å². The topological polar surface area (TPSA) is 168 Å². The van der Waals surface area contributed by atoms with Crippen molar-refractivity contribution in [1.29, 1.82) is 0 Å². The Balaban J connectivity index is 0.000000268. The van der Waals surface area contributed by atoms with Gasteiger partial charge in [0.1, 0.15) is 31.4 Å². The van der Waals surface area contributed by atoms with Gasteiger partial charge in [-0.2, -0.15) is 67.3 Å². The van der Waals surface area contributed by atoms with Crippen LogP contribution in [0.15, 0.2) is 23.4 Å². The molecule has 0 aliphatic carbocycles. The predicted octanol–water partition coefficient (Wildman–Crippen LogP) is 10.3. The number of aryl methyl sites for hydroxylation is 2. The van der Waals surface area contributed by atoms with Crippen molar-refractivity contribution < 1.29 is 76.1 Å². The fraction of sp³-hybridized carbons (Fsp3) is 0.333. The summed E-state index contributed by atoms with van der Waals surface area (Å²) in [7, 11) is 4.32. The number of ether oxygens (including phenoxy) is 2. The van der Waals surface area contributed by atoms with Crippen LogP contribution in [0, 0.1) is 19.3 Å². The van der Waals surface area contributed by atoms with Crippen molar-refractivity contribution in [2.24, 2.45) is 19.2 Å². The number of rotatable bonds is 7. The smallest absolute Gasteiger partial charge is 0.459 e. The summed E-state index contributed by atoms with van der Waals surface area (Å²) < 4.78 is 178. The van der Waals surface area contributed by atoms with Crippen LogP contribution in [0.5, 0.6) is 0 Å². The molecule has 31 heteroatoms. The zero-order valence-corrected chi connectivity index (χ0v) is 33.5. The van der Waals surface area contributed by atoms with Crippen molar-refractivity contribution in [3.8, 4) is 28.7 Å². The van der Waals surface area contributed by atoms with Gasteiger partial charge in [-0.05, 0) is 29.7 Å². The molecule has 0 saturated carbocycles. The molecule has 5 heterocycles. The van der Waals surface area contributed by atoms with Crippen molar-refractivity contribution >= 4 is 63.6 Å². The molecule has 0 aliphatic rings. The molecule has 0 spiro atoms. The van der Waals surface area contributed by atoms with Crippen molar-refractivity contribution in [2.45, 2.75) is 37.3 Å². The van der Waals surface area contributed by atoms with Crippen LogP contribution in [0.1, 0.15) is 48.1 Å². The molecule has 0 radical (unpaired) electrons. The van der Waals surface area contributed by atoms with Gasteiger partial charge in [-0.25, -0.2) is 14.3 Å². The van der Waals surface area contributed by atoms with E-state index >= 15 is 0 Å². The summed E-state index contributed by atoms with van der Waals surface area (Å²) >= 11 is 13.9. The second-order valence-corrected chi connectivity index (χ2v) is 14.5. The number of halogens is 15. The number of methoxy groups -OCH3 is 2. The third-order valence-electron chi connectivity index (χ3n) is 7.28. The van der Waals surface area contributed by atoms with Gasteiger partial charge >= 0.3 is 42.3 Å². The van der Waals surface area contributed by atoms with Gasteiger partial charge in [-0.1, -0.05) is 34.3 Å². The number of alkyl halides is 13. The molecule has 0 atom stereocenters. The molecular weight excluding hydrogens is 946 g/mol. The van der Waals surface area contributed by atoms with Crippen LogP contribution >= 0.6 is 45.9 Å². The molecule has 0 N–H and O–H groups in total. The minimum atomic E-state index is -6.28. The molecule has 61 heavy (non-hydrogen) atoms. The Morgan fingerprint density at radius 1 is 0.836 bits per heavy atom. The number of aromatic nitrogens is 7. The van der Waals surface area contributed by atoms with Crippen LogP contribution in [0.25, 0.3) is 26.8 Å². The number of thiophene rings is 2. The Labute approximate surface area is 349 Å². The molecule has 0 aromatic carbocycles. The van der Waals surface area contributed by atoms with E-state index in [1.165, 1.54) is 44.9 Å². The number of nitrogens with zero attached hydrogens (tertiary/aromatic N) is 10. The number of carbonyl (C=O) groups is 2. The minimum Gasteiger partial charge on any atom is -0.465 e. The van der Waals surface area contributed by atoms with E-state index in [-0.39, 0.29) is 26.1 Å². The summed E-state index contributed by atoms with van der Waals surface area (Å²) in [6.07, 6.45) is -11.3. The van der Waals surface area contributed by atoms with Crippen LogP contribution < -0.4 is 0 Å². The average molecular weight is 966 g/mol. The lowest BCUT2D eigenvalue weighted by molar-refractivity contribution is -0.292. The van der Waals surface area contributed by atoms with Crippen LogP contribution in [0.3, 0.4) is 0 Å². The molecule has 330 valence electrons. The van der Waals surface area contributed by atoms with Gasteiger partial charge in [-0.15, -0.1) is 34.2 Å². The standard InChI is InChI=1S/C15H11ClF5N5O2S.C8H5ClO2S.C7H3F8N5/c1-6-10(14(17,18)15(19,20)21)23-25(2)12(6)26-5-8(22-24-26)9-4-7(11(16)29-9)13(27)28-3;1-3-5-4-6(7(9)12-5)8(10)11-2;1-20-4(17-19-16)2(6(10,11)12)3(18-20)5(8,9)7(13,14)15/h4-5H,1-3H3;1,4H,2H3;1H3. The maximum absolute atomic E-state index is 13.8. The van der Waals surface area contributed by atoms with Gasteiger partial charge in [0, 0.05) is 24.6 Å². The van der Waals surface area contributed by atoms with Gasteiger partial charge in [0.25, 0.3) is 0 Å². The SMILES string of the molecule is C#Cc1cc(C(=O)OC)c(Cl)s1.COC(=O)c1cc(-c2cn(-c3c(C)c(C(F)(F)C(F)(F)F)nn3C)nn2)sc1Cl.Cn1nc(C(F)(F)C(F)(F)F)c(C(F)(F)F)c1N=[N+]=[N-]. The molecule has 0 fully saturated rings. The predicted molar refractivity (Wildman–Crippen MR) is 188 cm³/mol. The average Bonchev–Trinajstić information content (AvgIpc) is 3.98. The van der Waals surface area contributed by atoms with Crippen molar-refractivity contribution in [3.63, 3.8) is 0 Å². The fourth-order valence-corrected chi connectivity index (χ4v) is 6.84. The summed E-state index contributed by atoms with van der Waals surface area (Å²) in [5, 5.41) is 15.9. The van der Waals surface area contributed by atoms with E-state index in [0.29, 0.717) is 26.7 Å². The van der Waals surface area contributed by atoms with Gasteiger partial charge in [0.2, 0.25) is 0 Å². The molecule has 5 aromatic rings. The summed E-state index contributed by atoms with van der Waals surface area (Å²) in [5.41, 5.74) is 1.87.